The van der Waals surface area contributed by atoms with Gasteiger partial charge in [-0.2, -0.15) is 0 Å². The average molecular weight is 394 g/mol. The number of hydrogen-bond acceptors (Lipinski definition) is 5. The zero-order valence-electron chi connectivity index (χ0n) is 15.9. The van der Waals surface area contributed by atoms with Gasteiger partial charge in [-0.3, -0.25) is 4.79 Å². The number of carbonyl (C=O) groups is 1. The number of methoxy groups -OCH3 is 1. The summed E-state index contributed by atoms with van der Waals surface area (Å²) in [6.07, 6.45) is 3.46. The van der Waals surface area contributed by atoms with Crippen LogP contribution in [0.1, 0.15) is 24.8 Å². The number of nitrogens with zero attached hydrogens (tertiary/aromatic N) is 3. The maximum absolute atomic E-state index is 12.1. The second kappa shape index (κ2) is 8.61. The van der Waals surface area contributed by atoms with Crippen LogP contribution in [0.15, 0.2) is 59.8 Å². The summed E-state index contributed by atoms with van der Waals surface area (Å²) in [6.45, 7) is 0.765. The number of benzene rings is 2. The Morgan fingerprint density at radius 3 is 2.57 bits per heavy atom. The van der Waals surface area contributed by atoms with Crippen LogP contribution in [-0.4, -0.2) is 32.9 Å². The quantitative estimate of drug-likeness (QED) is 0.595. The summed E-state index contributed by atoms with van der Waals surface area (Å²) < 4.78 is 7.41. The molecule has 1 saturated carbocycles. The smallest absolute Gasteiger partial charge is 0.192 e. The van der Waals surface area contributed by atoms with Crippen LogP contribution in [0.2, 0.25) is 0 Å². The second-order valence-corrected chi connectivity index (χ2v) is 8.06. The normalized spacial score (nSPS) is 16.5. The molecule has 0 amide bonds. The predicted molar refractivity (Wildman–Crippen MR) is 111 cm³/mol. The van der Waals surface area contributed by atoms with Crippen LogP contribution in [0.25, 0.3) is 11.4 Å². The largest absolute Gasteiger partial charge is 0.497 e. The van der Waals surface area contributed by atoms with Crippen LogP contribution >= 0.6 is 11.8 Å². The van der Waals surface area contributed by atoms with Crippen LogP contribution in [0.4, 0.5) is 0 Å². The molecule has 28 heavy (non-hydrogen) atoms. The lowest BCUT2D eigenvalue weighted by molar-refractivity contribution is -0.116. The molecule has 144 valence electrons. The van der Waals surface area contributed by atoms with E-state index in [9.17, 15) is 4.79 Å². The van der Waals surface area contributed by atoms with Gasteiger partial charge in [-0.1, -0.05) is 42.1 Å². The molecule has 2 aromatic carbocycles. The van der Waals surface area contributed by atoms with Crippen molar-refractivity contribution in [3.8, 4) is 17.1 Å². The molecule has 0 bridgehead atoms. The van der Waals surface area contributed by atoms with Crippen molar-refractivity contribution < 1.29 is 9.53 Å². The molecule has 0 unspecified atom stereocenters. The van der Waals surface area contributed by atoms with Crippen molar-refractivity contribution in [3.63, 3.8) is 0 Å². The molecule has 0 saturated heterocycles. The average Bonchev–Trinajstić information content (AvgIpc) is 3.33. The fourth-order valence-electron chi connectivity index (χ4n) is 3.45. The molecule has 5 nitrogen and oxygen atoms in total. The molecule has 1 aliphatic rings. The fourth-order valence-corrected chi connectivity index (χ4v) is 4.63. The first-order chi connectivity index (χ1) is 13.7. The minimum Gasteiger partial charge on any atom is -0.497 e. The maximum atomic E-state index is 12.1. The summed E-state index contributed by atoms with van der Waals surface area (Å²) >= 11 is 1.56. The molecule has 0 aliphatic heterocycles. The molecule has 1 aromatic heterocycles. The van der Waals surface area contributed by atoms with Crippen LogP contribution in [0, 0.1) is 0 Å². The van der Waals surface area contributed by atoms with Gasteiger partial charge in [0.2, 0.25) is 0 Å². The molecular formula is C22H23N3O2S. The Morgan fingerprint density at radius 2 is 1.89 bits per heavy atom. The number of rotatable bonds is 7. The number of Topliss-reactive ketones (excluding diaryl/α,β-unsaturated/α-hetero) is 1. The minimum atomic E-state index is 0.00314. The molecule has 0 radical (unpaired) electrons. The Labute approximate surface area is 169 Å². The molecule has 1 atom stereocenters. The summed E-state index contributed by atoms with van der Waals surface area (Å²) in [5.41, 5.74) is 2.26. The second-order valence-electron chi connectivity index (χ2n) is 6.89. The first kappa shape index (κ1) is 18.7. The Morgan fingerprint density at radius 1 is 1.11 bits per heavy atom. The zero-order chi connectivity index (χ0) is 19.3. The van der Waals surface area contributed by atoms with E-state index in [0.717, 1.165) is 48.1 Å². The lowest BCUT2D eigenvalue weighted by Gasteiger charge is -2.12. The number of ether oxygens (including phenoxy) is 1. The van der Waals surface area contributed by atoms with Crippen LogP contribution in [0.3, 0.4) is 0 Å². The van der Waals surface area contributed by atoms with Gasteiger partial charge in [0, 0.05) is 18.5 Å². The number of hydrogen-bond donors (Lipinski definition) is 0. The van der Waals surface area contributed by atoms with Gasteiger partial charge >= 0.3 is 0 Å². The highest BCUT2D eigenvalue weighted by atomic mass is 32.2. The van der Waals surface area contributed by atoms with E-state index in [0.29, 0.717) is 12.2 Å². The van der Waals surface area contributed by atoms with Crippen molar-refractivity contribution in [1.82, 2.24) is 14.8 Å². The lowest BCUT2D eigenvalue weighted by Crippen LogP contribution is -2.11. The molecule has 4 rings (SSSR count). The SMILES string of the molecule is COc1ccc(-c2nnc(S[C@@H]3CCCC3=O)n2CCc2ccccc2)cc1. The Hall–Kier alpha value is -2.60. The summed E-state index contributed by atoms with van der Waals surface area (Å²) in [6, 6.07) is 18.2. The van der Waals surface area contributed by atoms with Gasteiger partial charge in [0.15, 0.2) is 11.0 Å². The molecule has 0 spiro atoms. The highest BCUT2D eigenvalue weighted by Gasteiger charge is 2.28. The predicted octanol–water partition coefficient (Wildman–Crippen LogP) is 4.41. The lowest BCUT2D eigenvalue weighted by atomic mass is 10.1. The molecule has 1 fully saturated rings. The van der Waals surface area contributed by atoms with Gasteiger partial charge in [0.05, 0.1) is 12.4 Å². The van der Waals surface area contributed by atoms with Crippen molar-refractivity contribution in [3.05, 3.63) is 60.2 Å². The summed E-state index contributed by atoms with van der Waals surface area (Å²) in [5, 5.41) is 9.72. The summed E-state index contributed by atoms with van der Waals surface area (Å²) in [5.74, 6) is 1.96. The third kappa shape index (κ3) is 4.12. The van der Waals surface area contributed by atoms with Gasteiger partial charge in [-0.05, 0) is 49.1 Å². The fraction of sp³-hybridized carbons (Fsp3) is 0.318. The van der Waals surface area contributed by atoms with E-state index < -0.39 is 0 Å². The van der Waals surface area contributed by atoms with Crippen LogP contribution < -0.4 is 4.74 Å². The molecule has 1 aliphatic carbocycles. The highest BCUT2D eigenvalue weighted by Crippen LogP contribution is 2.33. The number of aryl methyl sites for hydroxylation is 1. The number of aromatic nitrogens is 3. The number of carbonyl (C=O) groups excluding carboxylic acids is 1. The van der Waals surface area contributed by atoms with E-state index in [-0.39, 0.29) is 5.25 Å². The van der Waals surface area contributed by atoms with Gasteiger partial charge in [0.25, 0.3) is 0 Å². The topological polar surface area (TPSA) is 57.0 Å². The third-order valence-corrected chi connectivity index (χ3v) is 6.32. The first-order valence-electron chi connectivity index (χ1n) is 9.55. The van der Waals surface area contributed by atoms with E-state index in [1.807, 2.05) is 30.3 Å². The zero-order valence-corrected chi connectivity index (χ0v) is 16.7. The molecular weight excluding hydrogens is 370 g/mol. The van der Waals surface area contributed by atoms with Gasteiger partial charge in [-0.15, -0.1) is 10.2 Å². The van der Waals surface area contributed by atoms with E-state index >= 15 is 0 Å². The van der Waals surface area contributed by atoms with Gasteiger partial charge < -0.3 is 9.30 Å². The minimum absolute atomic E-state index is 0.00314. The van der Waals surface area contributed by atoms with Crippen molar-refractivity contribution in [2.75, 3.05) is 7.11 Å². The Kier molecular flexibility index (Phi) is 5.76. The first-order valence-corrected chi connectivity index (χ1v) is 10.4. The van der Waals surface area contributed by atoms with Crippen molar-refractivity contribution >= 4 is 17.5 Å². The molecule has 1 heterocycles. The van der Waals surface area contributed by atoms with Gasteiger partial charge in [-0.25, -0.2) is 0 Å². The van der Waals surface area contributed by atoms with Crippen molar-refractivity contribution in [2.45, 2.75) is 42.6 Å². The van der Waals surface area contributed by atoms with E-state index in [4.69, 9.17) is 4.74 Å². The van der Waals surface area contributed by atoms with E-state index in [2.05, 4.69) is 39.0 Å². The van der Waals surface area contributed by atoms with Crippen molar-refractivity contribution in [1.29, 1.82) is 0 Å². The van der Waals surface area contributed by atoms with Crippen LogP contribution in [0.5, 0.6) is 5.75 Å². The Balaban J connectivity index is 1.63. The molecule has 3 aromatic rings. The molecule has 6 heteroatoms. The summed E-state index contributed by atoms with van der Waals surface area (Å²) in [4.78, 5) is 12.1. The van der Waals surface area contributed by atoms with Gasteiger partial charge in [0.1, 0.15) is 11.5 Å². The van der Waals surface area contributed by atoms with E-state index in [1.54, 1.807) is 18.9 Å². The monoisotopic (exact) mass is 393 g/mol. The standard InChI is InChI=1S/C22H23N3O2S/c1-27-18-12-10-17(11-13-18)21-23-24-22(28-20-9-5-8-19(20)26)25(21)15-14-16-6-3-2-4-7-16/h2-4,6-7,10-13,20H,5,8-9,14-15H2,1H3/t20-/m1/s1. The third-order valence-electron chi connectivity index (χ3n) is 5.03. The number of ketones is 1. The summed E-state index contributed by atoms with van der Waals surface area (Å²) in [7, 11) is 1.66. The Bertz CT molecular complexity index is 938. The number of thioether (sulfide) groups is 1. The maximum Gasteiger partial charge on any atom is 0.192 e. The van der Waals surface area contributed by atoms with Crippen molar-refractivity contribution in [2.24, 2.45) is 0 Å². The van der Waals surface area contributed by atoms with E-state index in [1.165, 1.54) is 5.56 Å². The van der Waals surface area contributed by atoms with Crippen LogP contribution in [-0.2, 0) is 17.8 Å². The highest BCUT2D eigenvalue weighted by molar-refractivity contribution is 8.00. The molecule has 0 N–H and O–H groups in total.